The number of carbonyl (C=O) groups is 1. The highest BCUT2D eigenvalue weighted by atomic mass is 32.2. The molecule has 0 saturated heterocycles. The van der Waals surface area contributed by atoms with Crippen LogP contribution in [0.25, 0.3) is 0 Å². The van der Waals surface area contributed by atoms with Crippen LogP contribution in [-0.4, -0.2) is 43.9 Å². The van der Waals surface area contributed by atoms with Crippen LogP contribution in [0.3, 0.4) is 0 Å². The number of hydrogen-bond donors (Lipinski definition) is 0. The lowest BCUT2D eigenvalue weighted by molar-refractivity contribution is 0.0590. The van der Waals surface area contributed by atoms with Crippen molar-refractivity contribution in [3.8, 4) is 0 Å². The quantitative estimate of drug-likeness (QED) is 0.621. The molecule has 1 aromatic rings. The molecule has 0 aromatic carbocycles. The molecule has 19 heavy (non-hydrogen) atoms. The van der Waals surface area contributed by atoms with Gasteiger partial charge in [0.05, 0.1) is 12.6 Å². The average Bonchev–Trinajstić information content (AvgIpc) is 2.87. The van der Waals surface area contributed by atoms with Crippen molar-refractivity contribution >= 4 is 27.3 Å². The summed E-state index contributed by atoms with van der Waals surface area (Å²) in [4.78, 5) is 15.3. The number of carbonyl (C=O) groups excluding carboxylic acids is 1. The second-order valence-corrected chi connectivity index (χ2v) is 7.15. The summed E-state index contributed by atoms with van der Waals surface area (Å²) < 4.78 is 30.9. The molecule has 104 valence electrons. The fourth-order valence-electron chi connectivity index (χ4n) is 1.85. The molecule has 0 bridgehead atoms. The lowest BCUT2D eigenvalue weighted by Crippen LogP contribution is -2.35. The summed E-state index contributed by atoms with van der Waals surface area (Å²) in [5, 5.41) is 0. The van der Waals surface area contributed by atoms with Gasteiger partial charge in [-0.2, -0.15) is 4.31 Å². The van der Waals surface area contributed by atoms with Crippen molar-refractivity contribution in [3.05, 3.63) is 22.9 Å². The molecule has 1 aliphatic rings. The number of thiazole rings is 1. The predicted molar refractivity (Wildman–Crippen MR) is 70.6 cm³/mol. The van der Waals surface area contributed by atoms with Crippen LogP contribution in [0.4, 0.5) is 0 Å². The summed E-state index contributed by atoms with van der Waals surface area (Å²) in [5.74, 6) is -0.732. The van der Waals surface area contributed by atoms with E-state index in [0.29, 0.717) is 19.5 Å². The molecule has 1 aliphatic heterocycles. The molecule has 0 aliphatic carbocycles. The molecule has 8 heteroatoms. The Labute approximate surface area is 115 Å². The van der Waals surface area contributed by atoms with Crippen LogP contribution in [0, 0.1) is 0 Å². The van der Waals surface area contributed by atoms with Gasteiger partial charge in [0.25, 0.3) is 10.0 Å². The third kappa shape index (κ3) is 2.70. The molecular formula is C11H14N2O4S2. The molecule has 1 aromatic heterocycles. The molecule has 0 saturated carbocycles. The first kappa shape index (κ1) is 14.2. The zero-order valence-electron chi connectivity index (χ0n) is 10.6. The number of rotatable bonds is 3. The molecule has 2 heterocycles. The fraction of sp³-hybridized carbons (Fsp3) is 0.455. The number of sulfonamides is 1. The van der Waals surface area contributed by atoms with Gasteiger partial charge < -0.3 is 4.74 Å². The molecule has 2 rings (SSSR count). The van der Waals surface area contributed by atoms with E-state index >= 15 is 0 Å². The maximum atomic E-state index is 12.5. The lowest BCUT2D eigenvalue weighted by Gasteiger charge is -2.24. The van der Waals surface area contributed by atoms with Crippen molar-refractivity contribution in [1.82, 2.24) is 9.29 Å². The van der Waals surface area contributed by atoms with Crippen LogP contribution in [0.1, 0.15) is 23.8 Å². The van der Waals surface area contributed by atoms with Gasteiger partial charge in [-0.1, -0.05) is 11.6 Å². The summed E-state index contributed by atoms with van der Waals surface area (Å²) in [6, 6.07) is 0. The Kier molecular flexibility index (Phi) is 4.02. The van der Waals surface area contributed by atoms with Crippen molar-refractivity contribution in [2.45, 2.75) is 17.6 Å². The summed E-state index contributed by atoms with van der Waals surface area (Å²) in [7, 11) is -2.49. The Morgan fingerprint density at radius 2 is 2.26 bits per heavy atom. The topological polar surface area (TPSA) is 76.6 Å². The van der Waals surface area contributed by atoms with Crippen LogP contribution in [0.2, 0.25) is 0 Å². The van der Waals surface area contributed by atoms with E-state index in [1.165, 1.54) is 16.9 Å². The molecule has 0 atom stereocenters. The number of esters is 1. The first-order valence-electron chi connectivity index (χ1n) is 5.64. The zero-order valence-corrected chi connectivity index (χ0v) is 12.3. The first-order valence-corrected chi connectivity index (χ1v) is 7.96. The number of ether oxygens (including phenoxy) is 1. The van der Waals surface area contributed by atoms with E-state index in [1.54, 1.807) is 0 Å². The van der Waals surface area contributed by atoms with Crippen LogP contribution in [0.5, 0.6) is 0 Å². The van der Waals surface area contributed by atoms with Crippen molar-refractivity contribution < 1.29 is 17.9 Å². The maximum Gasteiger partial charge on any atom is 0.358 e. The second-order valence-electron chi connectivity index (χ2n) is 4.16. The van der Waals surface area contributed by atoms with E-state index in [2.05, 4.69) is 9.72 Å². The van der Waals surface area contributed by atoms with Gasteiger partial charge in [-0.25, -0.2) is 18.2 Å². The highest BCUT2D eigenvalue weighted by Gasteiger charge is 2.32. The van der Waals surface area contributed by atoms with E-state index in [-0.39, 0.29) is 9.90 Å². The molecule has 0 amide bonds. The normalized spacial score (nSPS) is 17.1. The number of hydrogen-bond acceptors (Lipinski definition) is 6. The van der Waals surface area contributed by atoms with Gasteiger partial charge >= 0.3 is 5.97 Å². The summed E-state index contributed by atoms with van der Waals surface area (Å²) >= 11 is 0.934. The van der Waals surface area contributed by atoms with Crippen molar-refractivity contribution in [3.63, 3.8) is 0 Å². The molecule has 0 spiro atoms. The summed E-state index contributed by atoms with van der Waals surface area (Å²) in [5.41, 5.74) is 2.20. The summed E-state index contributed by atoms with van der Waals surface area (Å²) in [6.07, 6.45) is 2.69. The Morgan fingerprint density at radius 3 is 2.89 bits per heavy atom. The Hall–Kier alpha value is -1.25. The Bertz CT molecular complexity index is 618. The van der Waals surface area contributed by atoms with Crippen molar-refractivity contribution in [1.29, 1.82) is 0 Å². The van der Waals surface area contributed by atoms with Crippen LogP contribution in [0.15, 0.2) is 21.4 Å². The standard InChI is InChI=1S/C11H14N2O4S2/c1-8-4-3-5-13(6-8)19(15,16)11-9(10(14)17-2)12-7-18-11/h4,7H,3,5-6H2,1-2H3. The van der Waals surface area contributed by atoms with Crippen LogP contribution in [-0.2, 0) is 14.8 Å². The van der Waals surface area contributed by atoms with Crippen molar-refractivity contribution in [2.24, 2.45) is 0 Å². The number of methoxy groups -OCH3 is 1. The molecule has 0 N–H and O–H groups in total. The SMILES string of the molecule is COC(=O)c1ncsc1S(=O)(=O)N1CCC=C(C)C1. The molecule has 0 fully saturated rings. The van der Waals surface area contributed by atoms with Gasteiger partial charge in [-0.3, -0.25) is 0 Å². The fourth-order valence-corrected chi connectivity index (χ4v) is 4.62. The third-order valence-corrected chi connectivity index (χ3v) is 5.98. The average molecular weight is 302 g/mol. The smallest absolute Gasteiger partial charge is 0.358 e. The van der Waals surface area contributed by atoms with E-state index in [4.69, 9.17) is 0 Å². The highest BCUT2D eigenvalue weighted by molar-refractivity contribution is 7.91. The molecule has 6 nitrogen and oxygen atoms in total. The Balaban J connectivity index is 2.38. The minimum absolute atomic E-state index is 0.0472. The lowest BCUT2D eigenvalue weighted by atomic mass is 10.2. The van der Waals surface area contributed by atoms with E-state index < -0.39 is 16.0 Å². The molecule has 0 unspecified atom stereocenters. The third-order valence-electron chi connectivity index (χ3n) is 2.78. The van der Waals surface area contributed by atoms with Crippen LogP contribution < -0.4 is 0 Å². The van der Waals surface area contributed by atoms with Gasteiger partial charge in [0, 0.05) is 13.1 Å². The molecular weight excluding hydrogens is 288 g/mol. The second kappa shape index (κ2) is 5.40. The van der Waals surface area contributed by atoms with Crippen molar-refractivity contribution in [2.75, 3.05) is 20.2 Å². The summed E-state index contributed by atoms with van der Waals surface area (Å²) in [6.45, 7) is 2.65. The van der Waals surface area contributed by atoms with Gasteiger partial charge in [0.15, 0.2) is 9.90 Å². The number of aromatic nitrogens is 1. The minimum atomic E-state index is -3.69. The monoisotopic (exact) mass is 302 g/mol. The first-order chi connectivity index (χ1) is 8.96. The predicted octanol–water partition coefficient (Wildman–Crippen LogP) is 1.27. The largest absolute Gasteiger partial charge is 0.464 e. The highest BCUT2D eigenvalue weighted by Crippen LogP contribution is 2.26. The molecule has 0 radical (unpaired) electrons. The maximum absolute atomic E-state index is 12.5. The van der Waals surface area contributed by atoms with Gasteiger partial charge in [-0.15, -0.1) is 11.3 Å². The van der Waals surface area contributed by atoms with Gasteiger partial charge in [0.2, 0.25) is 0 Å². The van der Waals surface area contributed by atoms with Crippen LogP contribution >= 0.6 is 11.3 Å². The van der Waals surface area contributed by atoms with E-state index in [0.717, 1.165) is 16.9 Å². The zero-order chi connectivity index (χ0) is 14.0. The van der Waals surface area contributed by atoms with E-state index in [1.807, 2.05) is 13.0 Å². The van der Waals surface area contributed by atoms with Gasteiger partial charge in [-0.05, 0) is 13.3 Å². The number of nitrogens with zero attached hydrogens (tertiary/aromatic N) is 2. The van der Waals surface area contributed by atoms with E-state index in [9.17, 15) is 13.2 Å². The van der Waals surface area contributed by atoms with Gasteiger partial charge in [0.1, 0.15) is 0 Å². The Morgan fingerprint density at radius 1 is 1.53 bits per heavy atom. The minimum Gasteiger partial charge on any atom is -0.464 e.